The molecule has 0 aliphatic carbocycles. The maximum Gasteiger partial charge on any atom is 0.150 e. The standard InChI is InChI=1S/C16H24FNO2S2/c1-16(2,21-3)18-10-9-14(22(4,19)20)11-15(18)12-5-7-13(17)8-6-12/h5-8,14-15H,9-11H2,1-4H3/t14-,15+/m1/s1. The first-order valence-electron chi connectivity index (χ1n) is 7.41. The van der Waals surface area contributed by atoms with Crippen LogP contribution in [0, 0.1) is 5.82 Å². The molecule has 1 fully saturated rings. The number of sulfone groups is 1. The third-order valence-electron chi connectivity index (χ3n) is 4.61. The molecule has 3 nitrogen and oxygen atoms in total. The molecule has 124 valence electrons. The van der Waals surface area contributed by atoms with Gasteiger partial charge in [-0.3, -0.25) is 4.90 Å². The van der Waals surface area contributed by atoms with Crippen molar-refractivity contribution in [3.8, 4) is 0 Å². The van der Waals surface area contributed by atoms with Gasteiger partial charge in [-0.1, -0.05) is 12.1 Å². The first-order valence-corrected chi connectivity index (χ1v) is 10.6. The van der Waals surface area contributed by atoms with E-state index < -0.39 is 9.84 Å². The molecule has 0 N–H and O–H groups in total. The van der Waals surface area contributed by atoms with Crippen LogP contribution in [0.2, 0.25) is 0 Å². The molecule has 1 aromatic rings. The number of halogens is 1. The smallest absolute Gasteiger partial charge is 0.150 e. The van der Waals surface area contributed by atoms with Gasteiger partial charge in [0.15, 0.2) is 0 Å². The van der Waals surface area contributed by atoms with Gasteiger partial charge in [0.05, 0.1) is 10.1 Å². The zero-order chi connectivity index (χ0) is 16.5. The molecule has 1 aliphatic heterocycles. The molecule has 0 radical (unpaired) electrons. The molecule has 1 heterocycles. The molecule has 2 atom stereocenters. The highest BCUT2D eigenvalue weighted by atomic mass is 32.2. The van der Waals surface area contributed by atoms with E-state index in [-0.39, 0.29) is 22.0 Å². The first-order chi connectivity index (χ1) is 10.1. The monoisotopic (exact) mass is 345 g/mol. The van der Waals surface area contributed by atoms with Crippen LogP contribution in [-0.4, -0.2) is 42.5 Å². The molecule has 1 aromatic carbocycles. The van der Waals surface area contributed by atoms with Gasteiger partial charge in [-0.2, -0.15) is 0 Å². The number of rotatable bonds is 4. The van der Waals surface area contributed by atoms with Crippen LogP contribution in [0.25, 0.3) is 0 Å². The van der Waals surface area contributed by atoms with Gasteiger partial charge in [0.2, 0.25) is 0 Å². The molecule has 0 unspecified atom stereocenters. The Labute approximate surface area is 137 Å². The molecule has 2 rings (SSSR count). The van der Waals surface area contributed by atoms with E-state index in [4.69, 9.17) is 0 Å². The second kappa shape index (κ2) is 6.49. The Hall–Kier alpha value is -0.590. The van der Waals surface area contributed by atoms with Gasteiger partial charge in [-0.15, -0.1) is 11.8 Å². The predicted molar refractivity (Wildman–Crippen MR) is 91.3 cm³/mol. The zero-order valence-electron chi connectivity index (χ0n) is 13.5. The topological polar surface area (TPSA) is 37.4 Å². The number of hydrogen-bond donors (Lipinski definition) is 0. The average Bonchev–Trinajstić information content (AvgIpc) is 2.46. The molecule has 1 saturated heterocycles. The van der Waals surface area contributed by atoms with Gasteiger partial charge < -0.3 is 0 Å². The van der Waals surface area contributed by atoms with Gasteiger partial charge in [0.1, 0.15) is 15.7 Å². The van der Waals surface area contributed by atoms with Gasteiger partial charge in [0, 0.05) is 18.8 Å². The van der Waals surface area contributed by atoms with Crippen LogP contribution in [-0.2, 0) is 9.84 Å². The number of thioether (sulfide) groups is 1. The van der Waals surface area contributed by atoms with Crippen LogP contribution in [0.5, 0.6) is 0 Å². The van der Waals surface area contributed by atoms with E-state index in [1.165, 1.54) is 18.4 Å². The molecule has 0 bridgehead atoms. The van der Waals surface area contributed by atoms with Crippen molar-refractivity contribution in [3.05, 3.63) is 35.6 Å². The van der Waals surface area contributed by atoms with Gasteiger partial charge in [-0.25, -0.2) is 12.8 Å². The summed E-state index contributed by atoms with van der Waals surface area (Å²) < 4.78 is 37.1. The lowest BCUT2D eigenvalue weighted by Gasteiger charge is -2.47. The van der Waals surface area contributed by atoms with Gasteiger partial charge in [-0.05, 0) is 50.6 Å². The zero-order valence-corrected chi connectivity index (χ0v) is 15.2. The van der Waals surface area contributed by atoms with Crippen LogP contribution in [0.3, 0.4) is 0 Å². The third-order valence-corrected chi connectivity index (χ3v) is 7.48. The summed E-state index contributed by atoms with van der Waals surface area (Å²) in [5, 5.41) is -0.323. The van der Waals surface area contributed by atoms with E-state index in [2.05, 4.69) is 25.0 Å². The van der Waals surface area contributed by atoms with Crippen molar-refractivity contribution >= 4 is 21.6 Å². The Morgan fingerprint density at radius 1 is 1.27 bits per heavy atom. The van der Waals surface area contributed by atoms with E-state index in [1.54, 1.807) is 23.9 Å². The minimum absolute atomic E-state index is 0.00322. The fourth-order valence-electron chi connectivity index (χ4n) is 3.08. The van der Waals surface area contributed by atoms with E-state index >= 15 is 0 Å². The van der Waals surface area contributed by atoms with E-state index in [0.29, 0.717) is 12.8 Å². The first kappa shape index (κ1) is 17.8. The summed E-state index contributed by atoms with van der Waals surface area (Å²) in [6.07, 6.45) is 4.59. The van der Waals surface area contributed by atoms with E-state index in [9.17, 15) is 12.8 Å². The third kappa shape index (κ3) is 3.84. The number of benzene rings is 1. The summed E-state index contributed by atoms with van der Waals surface area (Å²) in [7, 11) is -3.06. The van der Waals surface area contributed by atoms with Crippen molar-refractivity contribution < 1.29 is 12.8 Å². The number of piperidine rings is 1. The average molecular weight is 346 g/mol. The largest absolute Gasteiger partial charge is 0.282 e. The Kier molecular flexibility index (Phi) is 5.24. The minimum atomic E-state index is -3.06. The van der Waals surface area contributed by atoms with Crippen LogP contribution in [0.4, 0.5) is 4.39 Å². The fraction of sp³-hybridized carbons (Fsp3) is 0.625. The van der Waals surface area contributed by atoms with Crippen LogP contribution < -0.4 is 0 Å². The van der Waals surface area contributed by atoms with Crippen molar-refractivity contribution in [1.29, 1.82) is 0 Å². The SMILES string of the molecule is CSC(C)(C)N1CC[C@@H](S(C)(=O)=O)C[C@H]1c1ccc(F)cc1. The van der Waals surface area contributed by atoms with Crippen molar-refractivity contribution in [3.63, 3.8) is 0 Å². The van der Waals surface area contributed by atoms with Crippen molar-refractivity contribution in [2.75, 3.05) is 19.1 Å². The van der Waals surface area contributed by atoms with Crippen LogP contribution in [0.1, 0.15) is 38.3 Å². The maximum atomic E-state index is 13.2. The summed E-state index contributed by atoms with van der Waals surface area (Å²) in [6.45, 7) is 5.03. The lowest BCUT2D eigenvalue weighted by Crippen LogP contribution is -2.50. The summed E-state index contributed by atoms with van der Waals surface area (Å²) >= 11 is 1.75. The summed E-state index contributed by atoms with van der Waals surface area (Å²) in [5.41, 5.74) is 0.983. The van der Waals surface area contributed by atoms with Crippen molar-refractivity contribution in [2.45, 2.75) is 42.9 Å². The molecule has 0 spiro atoms. The molecule has 0 aromatic heterocycles. The molecule has 1 aliphatic rings. The van der Waals surface area contributed by atoms with Crippen LogP contribution in [0.15, 0.2) is 24.3 Å². The van der Waals surface area contributed by atoms with Gasteiger partial charge in [0.25, 0.3) is 0 Å². The number of hydrogen-bond acceptors (Lipinski definition) is 4. The second-order valence-corrected chi connectivity index (χ2v) is 10.1. The second-order valence-electron chi connectivity index (χ2n) is 6.39. The lowest BCUT2D eigenvalue weighted by atomic mass is 9.93. The Morgan fingerprint density at radius 3 is 2.36 bits per heavy atom. The van der Waals surface area contributed by atoms with E-state index in [1.807, 2.05) is 0 Å². The minimum Gasteiger partial charge on any atom is -0.282 e. The highest BCUT2D eigenvalue weighted by Crippen LogP contribution is 2.41. The summed E-state index contributed by atoms with van der Waals surface area (Å²) in [4.78, 5) is 2.24. The molecular formula is C16H24FNO2S2. The highest BCUT2D eigenvalue weighted by molar-refractivity contribution is 7.99. The van der Waals surface area contributed by atoms with Gasteiger partial charge >= 0.3 is 0 Å². The molecule has 0 saturated carbocycles. The maximum absolute atomic E-state index is 13.2. The van der Waals surface area contributed by atoms with Crippen molar-refractivity contribution in [1.82, 2.24) is 4.90 Å². The normalized spacial score (nSPS) is 24.4. The van der Waals surface area contributed by atoms with E-state index in [0.717, 1.165) is 12.1 Å². The number of nitrogens with zero attached hydrogens (tertiary/aromatic N) is 1. The highest BCUT2D eigenvalue weighted by Gasteiger charge is 2.40. The lowest BCUT2D eigenvalue weighted by molar-refractivity contribution is 0.0949. The summed E-state index contributed by atoms with van der Waals surface area (Å²) in [5.74, 6) is -0.269. The summed E-state index contributed by atoms with van der Waals surface area (Å²) in [6, 6.07) is 6.44. The Balaban J connectivity index is 2.37. The molecular weight excluding hydrogens is 321 g/mol. The van der Waals surface area contributed by atoms with Crippen LogP contribution >= 0.6 is 11.8 Å². The predicted octanol–water partition coefficient (Wildman–Crippen LogP) is 3.47. The molecule has 22 heavy (non-hydrogen) atoms. The Morgan fingerprint density at radius 2 is 1.86 bits per heavy atom. The Bertz CT molecular complexity index is 614. The fourth-order valence-corrected chi connectivity index (χ4v) is 4.60. The molecule has 6 heteroatoms. The molecule has 0 amide bonds. The van der Waals surface area contributed by atoms with Crippen molar-refractivity contribution in [2.24, 2.45) is 0 Å². The quantitative estimate of drug-likeness (QED) is 0.837. The number of likely N-dealkylation sites (tertiary alicyclic amines) is 1.